The van der Waals surface area contributed by atoms with Crippen LogP contribution in [0.1, 0.15) is 26.2 Å². The van der Waals surface area contributed by atoms with Gasteiger partial charge in [-0.25, -0.2) is 0 Å². The summed E-state index contributed by atoms with van der Waals surface area (Å²) in [6.07, 6.45) is 5.65. The fourth-order valence-electron chi connectivity index (χ4n) is 2.33. The SMILES string of the molecule is C[C@H]1CC[C@H](Sc2n[nH]c(-c3ccccn3)n2)C1. The van der Waals surface area contributed by atoms with Crippen molar-refractivity contribution in [2.75, 3.05) is 0 Å². The number of H-pyrrole nitrogens is 1. The standard InChI is InChI=1S/C13H16N4S/c1-9-5-6-10(8-9)18-13-15-12(16-17-13)11-4-2-3-7-14-11/h2-4,7,9-10H,5-6,8H2,1H3,(H,15,16,17)/t9-,10-/m0/s1. The maximum absolute atomic E-state index is 4.50. The molecule has 0 amide bonds. The maximum atomic E-state index is 4.50. The molecule has 0 aromatic carbocycles. The van der Waals surface area contributed by atoms with Crippen LogP contribution in [0.4, 0.5) is 0 Å². The quantitative estimate of drug-likeness (QED) is 0.921. The summed E-state index contributed by atoms with van der Waals surface area (Å²) in [5, 5.41) is 8.75. The average Bonchev–Trinajstić information content (AvgIpc) is 3.01. The van der Waals surface area contributed by atoms with E-state index < -0.39 is 0 Å². The van der Waals surface area contributed by atoms with Gasteiger partial charge in [0.1, 0.15) is 5.69 Å². The maximum Gasteiger partial charge on any atom is 0.209 e. The summed E-state index contributed by atoms with van der Waals surface area (Å²) in [7, 11) is 0. The molecule has 18 heavy (non-hydrogen) atoms. The largest absolute Gasteiger partial charge is 0.257 e. The molecular weight excluding hydrogens is 244 g/mol. The molecule has 5 heteroatoms. The number of hydrogen-bond donors (Lipinski definition) is 1. The van der Waals surface area contributed by atoms with Crippen LogP contribution in [0.25, 0.3) is 11.5 Å². The first kappa shape index (κ1) is 11.7. The predicted octanol–water partition coefficient (Wildman–Crippen LogP) is 3.15. The van der Waals surface area contributed by atoms with Crippen molar-refractivity contribution in [3.63, 3.8) is 0 Å². The van der Waals surface area contributed by atoms with Crippen molar-refractivity contribution >= 4 is 11.8 Å². The van der Waals surface area contributed by atoms with Gasteiger partial charge in [-0.15, -0.1) is 5.10 Å². The molecule has 0 aliphatic heterocycles. The first-order valence-corrected chi connectivity index (χ1v) is 7.19. The van der Waals surface area contributed by atoms with Gasteiger partial charge in [-0.05, 0) is 37.3 Å². The fraction of sp³-hybridized carbons (Fsp3) is 0.462. The van der Waals surface area contributed by atoms with E-state index in [4.69, 9.17) is 0 Å². The topological polar surface area (TPSA) is 54.5 Å². The third kappa shape index (κ3) is 2.56. The molecular formula is C13H16N4S. The molecule has 0 unspecified atom stereocenters. The molecule has 2 heterocycles. The molecule has 0 saturated heterocycles. The Bertz CT molecular complexity index is 511. The summed E-state index contributed by atoms with van der Waals surface area (Å²) >= 11 is 1.79. The molecule has 2 aromatic rings. The van der Waals surface area contributed by atoms with E-state index >= 15 is 0 Å². The van der Waals surface area contributed by atoms with Gasteiger partial charge in [0.2, 0.25) is 5.16 Å². The minimum atomic E-state index is 0.674. The number of nitrogens with one attached hydrogen (secondary N) is 1. The van der Waals surface area contributed by atoms with E-state index in [9.17, 15) is 0 Å². The number of aromatic amines is 1. The lowest BCUT2D eigenvalue weighted by atomic mass is 10.1. The first-order chi connectivity index (χ1) is 8.81. The van der Waals surface area contributed by atoms with E-state index in [2.05, 4.69) is 27.1 Å². The number of hydrogen-bond acceptors (Lipinski definition) is 4. The van der Waals surface area contributed by atoms with Crippen LogP contribution < -0.4 is 0 Å². The number of rotatable bonds is 3. The molecule has 2 atom stereocenters. The average molecular weight is 260 g/mol. The lowest BCUT2D eigenvalue weighted by Crippen LogP contribution is -1.96. The van der Waals surface area contributed by atoms with Gasteiger partial charge in [0.05, 0.1) is 0 Å². The van der Waals surface area contributed by atoms with Crippen LogP contribution in [-0.4, -0.2) is 25.4 Å². The fourth-order valence-corrected chi connectivity index (χ4v) is 3.55. The van der Waals surface area contributed by atoms with Crippen molar-refractivity contribution in [3.8, 4) is 11.5 Å². The molecule has 1 N–H and O–H groups in total. The Balaban J connectivity index is 1.70. The van der Waals surface area contributed by atoms with Crippen molar-refractivity contribution in [1.82, 2.24) is 20.2 Å². The minimum Gasteiger partial charge on any atom is -0.257 e. The molecule has 94 valence electrons. The zero-order valence-corrected chi connectivity index (χ0v) is 11.2. The monoisotopic (exact) mass is 260 g/mol. The Hall–Kier alpha value is -1.36. The molecule has 0 bridgehead atoms. The molecule has 1 aliphatic rings. The van der Waals surface area contributed by atoms with Crippen LogP contribution in [0.2, 0.25) is 0 Å². The van der Waals surface area contributed by atoms with Crippen LogP contribution in [0.15, 0.2) is 29.6 Å². The van der Waals surface area contributed by atoms with Crippen molar-refractivity contribution in [1.29, 1.82) is 0 Å². The van der Waals surface area contributed by atoms with Crippen LogP contribution >= 0.6 is 11.8 Å². The number of thioether (sulfide) groups is 1. The van der Waals surface area contributed by atoms with E-state index in [-0.39, 0.29) is 0 Å². The molecule has 1 aliphatic carbocycles. The van der Waals surface area contributed by atoms with Crippen molar-refractivity contribution in [3.05, 3.63) is 24.4 Å². The second-order valence-electron chi connectivity index (χ2n) is 4.84. The summed E-state index contributed by atoms with van der Waals surface area (Å²) < 4.78 is 0. The predicted molar refractivity (Wildman–Crippen MR) is 72.3 cm³/mol. The van der Waals surface area contributed by atoms with Gasteiger partial charge in [0.25, 0.3) is 0 Å². The zero-order valence-electron chi connectivity index (χ0n) is 10.3. The highest BCUT2D eigenvalue weighted by Crippen LogP contribution is 2.36. The lowest BCUT2D eigenvalue weighted by Gasteiger charge is -2.04. The number of pyridine rings is 1. The van der Waals surface area contributed by atoms with E-state index in [1.54, 1.807) is 18.0 Å². The van der Waals surface area contributed by atoms with Crippen molar-refractivity contribution < 1.29 is 0 Å². The third-order valence-corrected chi connectivity index (χ3v) is 4.45. The summed E-state index contributed by atoms with van der Waals surface area (Å²) in [5.41, 5.74) is 0.844. The molecule has 0 radical (unpaired) electrons. The zero-order chi connectivity index (χ0) is 12.4. The Morgan fingerprint density at radius 3 is 3.00 bits per heavy atom. The summed E-state index contributed by atoms with van der Waals surface area (Å²) in [6, 6.07) is 5.79. The van der Waals surface area contributed by atoms with Gasteiger partial charge < -0.3 is 0 Å². The Morgan fingerprint density at radius 1 is 1.33 bits per heavy atom. The highest BCUT2D eigenvalue weighted by atomic mass is 32.2. The molecule has 1 saturated carbocycles. The van der Waals surface area contributed by atoms with Gasteiger partial charge in [-0.2, -0.15) is 4.98 Å². The number of nitrogens with zero attached hydrogens (tertiary/aromatic N) is 3. The van der Waals surface area contributed by atoms with E-state index in [1.807, 2.05) is 18.2 Å². The normalized spacial score (nSPS) is 23.4. The Labute approximate surface area is 111 Å². The molecule has 0 spiro atoms. The summed E-state index contributed by atoms with van der Waals surface area (Å²) in [5.74, 6) is 1.60. The number of aromatic nitrogens is 4. The molecule has 1 fully saturated rings. The highest BCUT2D eigenvalue weighted by Gasteiger charge is 2.23. The van der Waals surface area contributed by atoms with Crippen LogP contribution in [-0.2, 0) is 0 Å². The van der Waals surface area contributed by atoms with Crippen LogP contribution in [0, 0.1) is 5.92 Å². The third-order valence-electron chi connectivity index (χ3n) is 3.29. The van der Waals surface area contributed by atoms with Gasteiger partial charge in [-0.1, -0.05) is 24.8 Å². The first-order valence-electron chi connectivity index (χ1n) is 6.32. The molecule has 4 nitrogen and oxygen atoms in total. The van der Waals surface area contributed by atoms with Crippen LogP contribution in [0.3, 0.4) is 0 Å². The van der Waals surface area contributed by atoms with E-state index in [0.717, 1.165) is 22.6 Å². The minimum absolute atomic E-state index is 0.674. The van der Waals surface area contributed by atoms with Crippen molar-refractivity contribution in [2.45, 2.75) is 36.6 Å². The smallest absolute Gasteiger partial charge is 0.209 e. The van der Waals surface area contributed by atoms with Crippen molar-refractivity contribution in [2.24, 2.45) is 5.92 Å². The second kappa shape index (κ2) is 5.10. The van der Waals surface area contributed by atoms with E-state index in [1.165, 1.54) is 19.3 Å². The Kier molecular flexibility index (Phi) is 3.32. The summed E-state index contributed by atoms with van der Waals surface area (Å²) in [4.78, 5) is 8.77. The second-order valence-corrected chi connectivity index (χ2v) is 6.11. The summed E-state index contributed by atoms with van der Waals surface area (Å²) in [6.45, 7) is 2.32. The lowest BCUT2D eigenvalue weighted by molar-refractivity contribution is 0.613. The molecule has 3 rings (SSSR count). The van der Waals surface area contributed by atoms with Gasteiger partial charge in [-0.3, -0.25) is 10.1 Å². The van der Waals surface area contributed by atoms with E-state index in [0.29, 0.717) is 5.25 Å². The van der Waals surface area contributed by atoms with Gasteiger partial charge in [0.15, 0.2) is 5.82 Å². The Morgan fingerprint density at radius 2 is 2.28 bits per heavy atom. The van der Waals surface area contributed by atoms with Crippen LogP contribution in [0.5, 0.6) is 0 Å². The van der Waals surface area contributed by atoms with Gasteiger partial charge >= 0.3 is 0 Å². The van der Waals surface area contributed by atoms with Gasteiger partial charge in [0, 0.05) is 11.4 Å². The molecule has 2 aromatic heterocycles. The highest BCUT2D eigenvalue weighted by molar-refractivity contribution is 7.99.